The molecule has 0 bridgehead atoms. The van der Waals surface area contributed by atoms with Crippen molar-refractivity contribution in [3.05, 3.63) is 65.5 Å². The van der Waals surface area contributed by atoms with Crippen LogP contribution in [0.5, 0.6) is 0 Å². The van der Waals surface area contributed by atoms with E-state index in [2.05, 4.69) is 10.0 Å². The first-order chi connectivity index (χ1) is 13.0. The van der Waals surface area contributed by atoms with Gasteiger partial charge in [0.25, 0.3) is 5.91 Å². The van der Waals surface area contributed by atoms with Gasteiger partial charge in [-0.15, -0.1) is 0 Å². The van der Waals surface area contributed by atoms with Crippen molar-refractivity contribution in [3.63, 3.8) is 0 Å². The van der Waals surface area contributed by atoms with Crippen molar-refractivity contribution in [1.82, 2.24) is 10.0 Å². The second-order valence-electron chi connectivity index (χ2n) is 6.29. The Morgan fingerprint density at radius 1 is 1.15 bits per heavy atom. The van der Waals surface area contributed by atoms with Gasteiger partial charge in [-0.1, -0.05) is 18.2 Å². The van der Waals surface area contributed by atoms with E-state index in [9.17, 15) is 17.6 Å². The average molecular weight is 392 g/mol. The molecule has 1 aliphatic heterocycles. The second kappa shape index (κ2) is 8.60. The fourth-order valence-corrected chi connectivity index (χ4v) is 3.86. The monoisotopic (exact) mass is 392 g/mol. The fraction of sp³-hybridized carbons (Fsp3) is 0.316. The molecule has 1 fully saturated rings. The van der Waals surface area contributed by atoms with Crippen LogP contribution in [0.15, 0.2) is 53.4 Å². The van der Waals surface area contributed by atoms with E-state index in [0.29, 0.717) is 17.7 Å². The quantitative estimate of drug-likeness (QED) is 0.757. The second-order valence-corrected chi connectivity index (χ2v) is 8.05. The number of carbonyl (C=O) groups is 1. The smallest absolute Gasteiger partial charge is 0.251 e. The molecule has 144 valence electrons. The Morgan fingerprint density at radius 3 is 2.56 bits per heavy atom. The molecule has 0 spiro atoms. The van der Waals surface area contributed by atoms with Crippen molar-refractivity contribution in [2.75, 3.05) is 13.2 Å². The molecule has 8 heteroatoms. The van der Waals surface area contributed by atoms with Gasteiger partial charge in [-0.05, 0) is 43.2 Å². The lowest BCUT2D eigenvalue weighted by Gasteiger charge is -2.12. The van der Waals surface area contributed by atoms with E-state index >= 15 is 0 Å². The summed E-state index contributed by atoms with van der Waals surface area (Å²) in [5.74, 6) is -0.800. The highest BCUT2D eigenvalue weighted by molar-refractivity contribution is 7.89. The van der Waals surface area contributed by atoms with E-state index in [4.69, 9.17) is 4.74 Å². The van der Waals surface area contributed by atoms with Crippen LogP contribution in [0, 0.1) is 5.82 Å². The summed E-state index contributed by atoms with van der Waals surface area (Å²) in [4.78, 5) is 12.2. The summed E-state index contributed by atoms with van der Waals surface area (Å²) in [6, 6.07) is 11.8. The zero-order valence-electron chi connectivity index (χ0n) is 14.7. The maximum atomic E-state index is 13.6. The molecule has 1 saturated heterocycles. The van der Waals surface area contributed by atoms with Crippen LogP contribution in [-0.2, 0) is 21.3 Å². The van der Waals surface area contributed by atoms with Gasteiger partial charge in [-0.2, -0.15) is 0 Å². The van der Waals surface area contributed by atoms with Gasteiger partial charge in [-0.25, -0.2) is 17.5 Å². The molecule has 0 aliphatic carbocycles. The lowest BCUT2D eigenvalue weighted by atomic mass is 10.2. The minimum Gasteiger partial charge on any atom is -0.377 e. The molecule has 6 nitrogen and oxygen atoms in total. The highest BCUT2D eigenvalue weighted by Gasteiger charge is 2.20. The van der Waals surface area contributed by atoms with E-state index in [-0.39, 0.29) is 24.1 Å². The number of ether oxygens (including phenoxy) is 1. The summed E-state index contributed by atoms with van der Waals surface area (Å²) in [7, 11) is -3.66. The molecule has 1 amide bonds. The minimum absolute atomic E-state index is 0.0501. The summed E-state index contributed by atoms with van der Waals surface area (Å²) in [5.41, 5.74) is 0.674. The van der Waals surface area contributed by atoms with Crippen LogP contribution in [0.4, 0.5) is 4.39 Å². The zero-order valence-corrected chi connectivity index (χ0v) is 15.5. The van der Waals surface area contributed by atoms with Crippen molar-refractivity contribution in [2.45, 2.75) is 30.4 Å². The highest BCUT2D eigenvalue weighted by Crippen LogP contribution is 2.14. The van der Waals surface area contributed by atoms with Crippen molar-refractivity contribution in [2.24, 2.45) is 0 Å². The number of halogens is 1. The number of hydrogen-bond donors (Lipinski definition) is 2. The Balaban J connectivity index is 1.58. The van der Waals surface area contributed by atoms with Crippen LogP contribution in [0.1, 0.15) is 28.8 Å². The molecule has 1 aliphatic rings. The molecule has 2 aromatic carbocycles. The maximum Gasteiger partial charge on any atom is 0.251 e. The molecule has 1 heterocycles. The molecule has 2 N–H and O–H groups in total. The Labute approximate surface area is 157 Å². The van der Waals surface area contributed by atoms with Crippen molar-refractivity contribution in [3.8, 4) is 0 Å². The van der Waals surface area contributed by atoms with Gasteiger partial charge in [0.05, 0.1) is 11.0 Å². The molecule has 0 radical (unpaired) electrons. The largest absolute Gasteiger partial charge is 0.377 e. The lowest BCUT2D eigenvalue weighted by molar-refractivity contribution is 0.0950. The van der Waals surface area contributed by atoms with E-state index in [0.717, 1.165) is 12.8 Å². The SMILES string of the molecule is O=C(NCc1ccccc1F)c1ccc(S(=O)(=O)NCC2CCCO2)cc1. The predicted octanol–water partition coefficient (Wildman–Crippen LogP) is 2.21. The van der Waals surface area contributed by atoms with Crippen LogP contribution in [0.25, 0.3) is 0 Å². The number of sulfonamides is 1. The van der Waals surface area contributed by atoms with Crippen LogP contribution in [0.2, 0.25) is 0 Å². The number of benzene rings is 2. The third-order valence-electron chi connectivity index (χ3n) is 4.35. The third-order valence-corrected chi connectivity index (χ3v) is 5.79. The number of rotatable bonds is 7. The first-order valence-corrected chi connectivity index (χ1v) is 10.2. The van der Waals surface area contributed by atoms with Crippen molar-refractivity contribution >= 4 is 15.9 Å². The predicted molar refractivity (Wildman–Crippen MR) is 98.2 cm³/mol. The fourth-order valence-electron chi connectivity index (χ4n) is 2.80. The third kappa shape index (κ3) is 5.12. The van der Waals surface area contributed by atoms with E-state index in [1.54, 1.807) is 18.2 Å². The number of amides is 1. The van der Waals surface area contributed by atoms with Crippen LogP contribution in [-0.4, -0.2) is 33.6 Å². The van der Waals surface area contributed by atoms with E-state index in [1.165, 1.54) is 30.3 Å². The molecule has 27 heavy (non-hydrogen) atoms. The number of carbonyl (C=O) groups excluding carboxylic acids is 1. The Bertz CT molecular complexity index is 894. The molecular formula is C19H21FN2O4S. The van der Waals surface area contributed by atoms with Gasteiger partial charge >= 0.3 is 0 Å². The Hall–Kier alpha value is -2.29. The van der Waals surface area contributed by atoms with Crippen molar-refractivity contribution < 1.29 is 22.3 Å². The summed E-state index contributed by atoms with van der Waals surface area (Å²) < 4.78 is 46.1. The topological polar surface area (TPSA) is 84.5 Å². The van der Waals surface area contributed by atoms with Gasteiger partial charge in [0.1, 0.15) is 5.82 Å². The molecule has 3 rings (SSSR count). The average Bonchev–Trinajstić information content (AvgIpc) is 3.19. The standard InChI is InChI=1S/C19H21FN2O4S/c20-18-6-2-1-4-15(18)12-21-19(23)14-7-9-17(10-8-14)27(24,25)22-13-16-5-3-11-26-16/h1-2,4,6-10,16,22H,3,5,11-13H2,(H,21,23). The Morgan fingerprint density at radius 2 is 1.89 bits per heavy atom. The van der Waals surface area contributed by atoms with Gasteiger partial charge < -0.3 is 10.1 Å². The molecule has 0 saturated carbocycles. The number of nitrogens with one attached hydrogen (secondary N) is 2. The zero-order chi connectivity index (χ0) is 19.3. The Kier molecular flexibility index (Phi) is 6.20. The van der Waals surface area contributed by atoms with Crippen LogP contribution < -0.4 is 10.0 Å². The molecule has 1 atom stereocenters. The highest BCUT2D eigenvalue weighted by atomic mass is 32.2. The molecule has 0 aromatic heterocycles. The van der Waals surface area contributed by atoms with Crippen LogP contribution in [0.3, 0.4) is 0 Å². The first-order valence-electron chi connectivity index (χ1n) is 8.68. The minimum atomic E-state index is -3.66. The number of hydrogen-bond acceptors (Lipinski definition) is 4. The van der Waals surface area contributed by atoms with Crippen LogP contribution >= 0.6 is 0 Å². The summed E-state index contributed by atoms with van der Waals surface area (Å²) in [5, 5.41) is 2.62. The summed E-state index contributed by atoms with van der Waals surface area (Å²) in [6.07, 6.45) is 1.68. The maximum absolute atomic E-state index is 13.6. The van der Waals surface area contributed by atoms with E-state index in [1.807, 2.05) is 0 Å². The van der Waals surface area contributed by atoms with Gasteiger partial charge in [0.2, 0.25) is 10.0 Å². The summed E-state index contributed by atoms with van der Waals surface area (Å²) in [6.45, 7) is 0.935. The normalized spacial score (nSPS) is 17.0. The summed E-state index contributed by atoms with van der Waals surface area (Å²) >= 11 is 0. The first kappa shape index (κ1) is 19.5. The lowest BCUT2D eigenvalue weighted by Crippen LogP contribution is -2.31. The van der Waals surface area contributed by atoms with Crippen molar-refractivity contribution in [1.29, 1.82) is 0 Å². The molecule has 1 unspecified atom stereocenters. The molecule has 2 aromatic rings. The molecular weight excluding hydrogens is 371 g/mol. The van der Waals surface area contributed by atoms with Gasteiger partial charge in [0, 0.05) is 30.8 Å². The van der Waals surface area contributed by atoms with Gasteiger partial charge in [-0.3, -0.25) is 4.79 Å². The van der Waals surface area contributed by atoms with E-state index < -0.39 is 21.7 Å². The van der Waals surface area contributed by atoms with Gasteiger partial charge in [0.15, 0.2) is 0 Å².